The maximum atomic E-state index is 7.01. The number of fused-ring (bicyclic) bond motifs is 20. The van der Waals surface area contributed by atoms with Gasteiger partial charge in [-0.3, -0.25) is 0 Å². The van der Waals surface area contributed by atoms with Gasteiger partial charge in [-0.15, -0.1) is 0 Å². The summed E-state index contributed by atoms with van der Waals surface area (Å²) in [6, 6.07) is 25.0. The minimum absolute atomic E-state index is 0.216. The molecule has 2 aliphatic heterocycles. The van der Waals surface area contributed by atoms with Gasteiger partial charge in [0.1, 0.15) is 11.3 Å². The Hall–Kier alpha value is -4.60. The van der Waals surface area contributed by atoms with Crippen molar-refractivity contribution < 1.29 is 0 Å². The number of rotatable bonds is 0. The summed E-state index contributed by atoms with van der Waals surface area (Å²) in [5.74, 6) is 1.80. The van der Waals surface area contributed by atoms with Gasteiger partial charge in [-0.1, -0.05) is 108 Å². The predicted molar refractivity (Wildman–Crippen MR) is 176 cm³/mol. The average molecular weight is 652 g/mol. The summed E-state index contributed by atoms with van der Waals surface area (Å²) in [6.07, 6.45) is 0. The summed E-state index contributed by atoms with van der Waals surface area (Å²) in [5, 5.41) is 3.57. The molecule has 9 rings (SSSR count). The van der Waals surface area contributed by atoms with Gasteiger partial charge in [-0.2, -0.15) is 0 Å². The number of benzene rings is 4. The van der Waals surface area contributed by atoms with Crippen LogP contribution in [-0.4, -0.2) is 39.0 Å². The smallest absolute Gasteiger partial charge is 0.164 e. The number of hydrogen-bond donors (Lipinski definition) is 1. The predicted octanol–water partition coefficient (Wildman–Crippen LogP) is 9.30. The van der Waals surface area contributed by atoms with Crippen LogP contribution in [0.2, 0.25) is 15.1 Å². The molecule has 8 bridgehead atoms. The Kier molecular flexibility index (Phi) is 5.55. The summed E-state index contributed by atoms with van der Waals surface area (Å²) < 4.78 is 1.45. The molecule has 44 heavy (non-hydrogen) atoms. The van der Waals surface area contributed by atoms with Gasteiger partial charge < -0.3 is 4.98 Å². The Labute approximate surface area is 268 Å². The van der Waals surface area contributed by atoms with Crippen LogP contribution in [0.15, 0.2) is 78.9 Å². The molecule has 0 atom stereocenters. The molecule has 4 aromatic carbocycles. The highest BCUT2D eigenvalue weighted by molar-refractivity contribution is 6.51. The number of hydrogen-bond acceptors (Lipinski definition) is 6. The van der Waals surface area contributed by atoms with Crippen LogP contribution in [0.5, 0.6) is 0 Å². The van der Waals surface area contributed by atoms with Gasteiger partial charge in [-0.05, 0) is 6.07 Å². The van der Waals surface area contributed by atoms with Gasteiger partial charge in [0.25, 0.3) is 0 Å². The van der Waals surface area contributed by atoms with Gasteiger partial charge in [-0.25, -0.2) is 34.0 Å². The lowest BCUT2D eigenvalue weighted by Crippen LogP contribution is -1.88. The first-order chi connectivity index (χ1) is 21.5. The van der Waals surface area contributed by atoms with Gasteiger partial charge in [0, 0.05) is 55.6 Å². The third-order valence-electron chi connectivity index (χ3n) is 7.77. The zero-order valence-corrected chi connectivity index (χ0v) is 25.2. The molecule has 210 valence electrons. The first kappa shape index (κ1) is 25.9. The molecule has 1 N–H and O–H groups in total. The van der Waals surface area contributed by atoms with Gasteiger partial charge in [0.05, 0.1) is 15.1 Å². The van der Waals surface area contributed by atoms with Gasteiger partial charge in [0.2, 0.25) is 0 Å². The fourth-order valence-electron chi connectivity index (χ4n) is 5.76. The molecule has 7 aromatic rings. The Morgan fingerprint density at radius 3 is 1.48 bits per heavy atom. The van der Waals surface area contributed by atoms with E-state index >= 15 is 0 Å². The van der Waals surface area contributed by atoms with E-state index in [-0.39, 0.29) is 15.1 Å². The molecule has 5 heterocycles. The molecule has 12 heteroatoms. The Balaban J connectivity index is 1.55. The van der Waals surface area contributed by atoms with E-state index in [1.165, 1.54) is 4.09 Å². The van der Waals surface area contributed by atoms with Crippen LogP contribution in [0.25, 0.3) is 89.7 Å². The number of nitrogens with one attached hydrogen (secondary N) is 1. The van der Waals surface area contributed by atoms with Crippen LogP contribution in [0.4, 0.5) is 0 Å². The standard InChI is InChI=1S/C32H14Cl4N8/c33-21-13-20-22(24(35)23(21)34)30-40-26-15-8-2-4-10-17(15)28(38-26)43-32-19-12-6-5-11-18(19)31(44(32)36)42-27-16-9-3-1-7-14(16)25(37-27)39-29(20)41-30/h1-13H,(H,37,38,39,40,41,42,43). The first-order valence-electron chi connectivity index (χ1n) is 13.4. The molecular formula is C32H14Cl4N8. The maximum Gasteiger partial charge on any atom is 0.164 e. The van der Waals surface area contributed by atoms with Crippen molar-refractivity contribution in [2.45, 2.75) is 0 Å². The van der Waals surface area contributed by atoms with E-state index in [0.717, 1.165) is 33.0 Å². The third kappa shape index (κ3) is 3.66. The lowest BCUT2D eigenvalue weighted by atomic mass is 10.1. The highest BCUT2D eigenvalue weighted by Crippen LogP contribution is 2.42. The summed E-state index contributed by atoms with van der Waals surface area (Å²) in [6.45, 7) is 0. The van der Waals surface area contributed by atoms with Crippen molar-refractivity contribution in [1.29, 1.82) is 0 Å². The van der Waals surface area contributed by atoms with Crippen molar-refractivity contribution in [3.05, 3.63) is 93.9 Å². The number of nitrogens with zero attached hydrogens (tertiary/aromatic N) is 7. The van der Waals surface area contributed by atoms with E-state index in [0.29, 0.717) is 56.7 Å². The molecule has 0 saturated carbocycles. The van der Waals surface area contributed by atoms with E-state index < -0.39 is 0 Å². The molecule has 0 unspecified atom stereocenters. The summed E-state index contributed by atoms with van der Waals surface area (Å²) in [7, 11) is 0. The van der Waals surface area contributed by atoms with Crippen LogP contribution < -0.4 is 0 Å². The van der Waals surface area contributed by atoms with E-state index in [2.05, 4.69) is 4.98 Å². The monoisotopic (exact) mass is 650 g/mol. The third-order valence-corrected chi connectivity index (χ3v) is 9.35. The molecule has 0 radical (unpaired) electrons. The lowest BCUT2D eigenvalue weighted by Gasteiger charge is -2.01. The second-order valence-corrected chi connectivity index (χ2v) is 11.8. The van der Waals surface area contributed by atoms with Gasteiger partial charge in [0.15, 0.2) is 34.6 Å². The van der Waals surface area contributed by atoms with Crippen LogP contribution in [-0.2, 0) is 0 Å². The van der Waals surface area contributed by atoms with Crippen LogP contribution in [0.1, 0.15) is 0 Å². The summed E-state index contributed by atoms with van der Waals surface area (Å²) in [5.41, 5.74) is 5.06. The average Bonchev–Trinajstić information content (AvgIpc) is 3.74. The largest absolute Gasteiger partial charge is 0.324 e. The minimum Gasteiger partial charge on any atom is -0.324 e. The minimum atomic E-state index is 0.216. The van der Waals surface area contributed by atoms with Crippen molar-refractivity contribution in [2.24, 2.45) is 0 Å². The number of H-pyrrole nitrogens is 1. The molecule has 0 amide bonds. The highest BCUT2D eigenvalue weighted by atomic mass is 35.5. The van der Waals surface area contributed by atoms with Crippen LogP contribution in [0.3, 0.4) is 0 Å². The van der Waals surface area contributed by atoms with Crippen molar-refractivity contribution >= 4 is 90.7 Å². The normalized spacial score (nSPS) is 12.1. The molecule has 3 aromatic heterocycles. The topological polar surface area (TPSA) is 98.1 Å². The number of aromatic amines is 1. The molecule has 0 spiro atoms. The second kappa shape index (κ2) is 9.45. The molecule has 8 nitrogen and oxygen atoms in total. The molecule has 0 fully saturated rings. The summed E-state index contributed by atoms with van der Waals surface area (Å²) >= 11 is 26.8. The lowest BCUT2D eigenvalue weighted by molar-refractivity contribution is 1.17. The zero-order valence-electron chi connectivity index (χ0n) is 22.1. The quantitative estimate of drug-likeness (QED) is 0.164. The fraction of sp³-hybridized carbons (Fsp3) is 0. The molecular weight excluding hydrogens is 638 g/mol. The van der Waals surface area contributed by atoms with Crippen LogP contribution in [0, 0.1) is 0 Å². The zero-order chi connectivity index (χ0) is 29.7. The molecule has 2 aliphatic rings. The molecule has 0 saturated heterocycles. The van der Waals surface area contributed by atoms with E-state index in [1.54, 1.807) is 6.07 Å². The van der Waals surface area contributed by atoms with Crippen molar-refractivity contribution in [2.75, 3.05) is 0 Å². The summed E-state index contributed by atoms with van der Waals surface area (Å²) in [4.78, 5) is 32.9. The van der Waals surface area contributed by atoms with Gasteiger partial charge >= 0.3 is 0 Å². The first-order valence-corrected chi connectivity index (χ1v) is 14.9. The highest BCUT2D eigenvalue weighted by Gasteiger charge is 2.24. The SMILES string of the molecule is Clc1cc2c3nc4nc(nc5c6ccccc6c(nc6nc(nc([nH]3)c2c(Cl)c1Cl)-c1ccccc1-6)n5Cl)-c1ccccc1-4. The van der Waals surface area contributed by atoms with E-state index in [1.807, 2.05) is 72.8 Å². The van der Waals surface area contributed by atoms with E-state index in [9.17, 15) is 0 Å². The Morgan fingerprint density at radius 2 is 0.955 bits per heavy atom. The second-order valence-electron chi connectivity index (χ2n) is 10.3. The Morgan fingerprint density at radius 1 is 0.500 bits per heavy atom. The maximum absolute atomic E-state index is 7.01. The fourth-order valence-corrected chi connectivity index (χ4v) is 6.71. The van der Waals surface area contributed by atoms with Crippen LogP contribution >= 0.6 is 46.6 Å². The number of aromatic nitrogens is 8. The van der Waals surface area contributed by atoms with Crippen molar-refractivity contribution in [1.82, 2.24) is 39.0 Å². The van der Waals surface area contributed by atoms with Crippen molar-refractivity contribution in [3.63, 3.8) is 0 Å². The Bertz CT molecular complexity index is 2570. The van der Waals surface area contributed by atoms with E-state index in [4.69, 9.17) is 76.5 Å². The van der Waals surface area contributed by atoms with Crippen molar-refractivity contribution in [3.8, 4) is 45.6 Å². The molecule has 0 aliphatic carbocycles. The number of halogens is 4.